The van der Waals surface area contributed by atoms with Crippen LogP contribution in [0.15, 0.2) is 54.6 Å². The second-order valence-electron chi connectivity index (χ2n) is 8.34. The van der Waals surface area contributed by atoms with Crippen LogP contribution in [0, 0.1) is 5.82 Å². The second kappa shape index (κ2) is 11.9. The summed E-state index contributed by atoms with van der Waals surface area (Å²) in [5.41, 5.74) is 0.531. The lowest BCUT2D eigenvalue weighted by molar-refractivity contribution is -0.140. The minimum absolute atomic E-state index is 0.0941. The Balaban J connectivity index is 2.50. The fourth-order valence-corrected chi connectivity index (χ4v) is 4.50. The number of rotatable bonds is 11. The van der Waals surface area contributed by atoms with Gasteiger partial charge in [0, 0.05) is 26.7 Å². The van der Waals surface area contributed by atoms with Crippen LogP contribution in [0.4, 0.5) is 10.1 Å². The lowest BCUT2D eigenvalue weighted by Gasteiger charge is -2.34. The number of carbonyl (C=O) groups excluding carboxylic acids is 2. The number of hydrogen-bond acceptors (Lipinski definition) is 4. The average molecular weight is 493 g/mol. The fraction of sp³-hybridized carbons (Fsp3) is 0.417. The third-order valence-electron chi connectivity index (χ3n) is 5.15. The van der Waals surface area contributed by atoms with Gasteiger partial charge in [0.15, 0.2) is 0 Å². The summed E-state index contributed by atoms with van der Waals surface area (Å²) in [6.07, 6.45) is 0.317. The van der Waals surface area contributed by atoms with E-state index in [9.17, 15) is 22.4 Å². The van der Waals surface area contributed by atoms with Gasteiger partial charge in [-0.3, -0.25) is 9.59 Å². The van der Waals surface area contributed by atoms with Crippen molar-refractivity contribution in [2.24, 2.45) is 0 Å². The van der Waals surface area contributed by atoms with E-state index in [4.69, 9.17) is 0 Å². The monoisotopic (exact) mass is 492 g/mol. The van der Waals surface area contributed by atoms with E-state index in [1.807, 2.05) is 44.2 Å². The standard InChI is InChI=1S/C24H33FN4O4S/c1-6-21(24(31)26-18(2)3)28(16-19-12-8-7-9-13-19)23(30)17-29(34(32,33)27(4)5)22-15-11-10-14-20(22)25/h7-15,18,21H,6,16-17H2,1-5H3,(H,26,31)/t21-/m0/s1. The minimum atomic E-state index is -4.21. The molecule has 0 aliphatic heterocycles. The van der Waals surface area contributed by atoms with Crippen LogP contribution in [-0.2, 0) is 26.3 Å². The Morgan fingerprint density at radius 2 is 1.59 bits per heavy atom. The highest BCUT2D eigenvalue weighted by atomic mass is 32.2. The molecule has 0 aliphatic rings. The van der Waals surface area contributed by atoms with Gasteiger partial charge < -0.3 is 10.2 Å². The Kier molecular flexibility index (Phi) is 9.57. The van der Waals surface area contributed by atoms with E-state index in [0.717, 1.165) is 20.2 Å². The zero-order valence-electron chi connectivity index (χ0n) is 20.2. The molecule has 0 aromatic heterocycles. The van der Waals surface area contributed by atoms with Crippen molar-refractivity contribution in [3.8, 4) is 0 Å². The van der Waals surface area contributed by atoms with Gasteiger partial charge in [-0.25, -0.2) is 8.70 Å². The first-order chi connectivity index (χ1) is 16.0. The molecule has 34 heavy (non-hydrogen) atoms. The second-order valence-corrected chi connectivity index (χ2v) is 10.4. The van der Waals surface area contributed by atoms with E-state index in [2.05, 4.69) is 5.32 Å². The Labute approximate surface area is 201 Å². The average Bonchev–Trinajstić information content (AvgIpc) is 2.77. The van der Waals surface area contributed by atoms with Crippen molar-refractivity contribution in [2.75, 3.05) is 24.9 Å². The van der Waals surface area contributed by atoms with Crippen LogP contribution >= 0.6 is 0 Å². The largest absolute Gasteiger partial charge is 0.352 e. The van der Waals surface area contributed by atoms with Crippen LogP contribution in [0.3, 0.4) is 0 Å². The molecule has 0 heterocycles. The topological polar surface area (TPSA) is 90.0 Å². The number of para-hydroxylation sites is 1. The fourth-order valence-electron chi connectivity index (χ4n) is 3.44. The summed E-state index contributed by atoms with van der Waals surface area (Å²) in [7, 11) is -1.60. The number of hydrogen-bond donors (Lipinski definition) is 1. The van der Waals surface area contributed by atoms with Crippen molar-refractivity contribution >= 4 is 27.7 Å². The van der Waals surface area contributed by atoms with Gasteiger partial charge in [-0.2, -0.15) is 12.7 Å². The van der Waals surface area contributed by atoms with Crippen molar-refractivity contribution < 1.29 is 22.4 Å². The maximum Gasteiger partial charge on any atom is 0.304 e. The summed E-state index contributed by atoms with van der Waals surface area (Å²) in [6, 6.07) is 13.5. The van der Waals surface area contributed by atoms with Crippen LogP contribution in [-0.4, -0.2) is 62.2 Å². The van der Waals surface area contributed by atoms with E-state index in [1.165, 1.54) is 37.2 Å². The van der Waals surface area contributed by atoms with E-state index in [-0.39, 0.29) is 24.2 Å². The molecular weight excluding hydrogens is 459 g/mol. The molecule has 0 unspecified atom stereocenters. The summed E-state index contributed by atoms with van der Waals surface area (Å²) in [5, 5.41) is 2.82. The third-order valence-corrected chi connectivity index (χ3v) is 6.96. The highest BCUT2D eigenvalue weighted by Crippen LogP contribution is 2.24. The van der Waals surface area contributed by atoms with Crippen LogP contribution in [0.5, 0.6) is 0 Å². The zero-order chi connectivity index (χ0) is 25.5. The van der Waals surface area contributed by atoms with E-state index >= 15 is 0 Å². The first-order valence-corrected chi connectivity index (χ1v) is 12.5. The molecule has 0 bridgehead atoms. The van der Waals surface area contributed by atoms with Gasteiger partial charge in [0.25, 0.3) is 0 Å². The van der Waals surface area contributed by atoms with Crippen LogP contribution < -0.4 is 9.62 Å². The van der Waals surface area contributed by atoms with E-state index < -0.39 is 34.5 Å². The third kappa shape index (κ3) is 6.77. The van der Waals surface area contributed by atoms with E-state index in [0.29, 0.717) is 6.42 Å². The van der Waals surface area contributed by atoms with Crippen molar-refractivity contribution in [1.29, 1.82) is 0 Å². The summed E-state index contributed by atoms with van der Waals surface area (Å²) < 4.78 is 42.4. The number of halogens is 1. The maximum absolute atomic E-state index is 14.6. The Morgan fingerprint density at radius 3 is 2.12 bits per heavy atom. The normalized spacial score (nSPS) is 12.5. The summed E-state index contributed by atoms with van der Waals surface area (Å²) in [6.45, 7) is 4.84. The van der Waals surface area contributed by atoms with Gasteiger partial charge in [0.1, 0.15) is 18.4 Å². The van der Waals surface area contributed by atoms with Gasteiger partial charge in [-0.15, -0.1) is 0 Å². The van der Waals surface area contributed by atoms with Gasteiger partial charge in [0.2, 0.25) is 11.8 Å². The lowest BCUT2D eigenvalue weighted by Crippen LogP contribution is -2.54. The smallest absolute Gasteiger partial charge is 0.304 e. The Hall–Kier alpha value is -2.98. The van der Waals surface area contributed by atoms with Gasteiger partial charge >= 0.3 is 10.2 Å². The predicted octanol–water partition coefficient (Wildman–Crippen LogP) is 2.77. The minimum Gasteiger partial charge on any atom is -0.352 e. The summed E-state index contributed by atoms with van der Waals surface area (Å²) in [4.78, 5) is 27.9. The number of amides is 2. The first-order valence-electron chi connectivity index (χ1n) is 11.1. The molecule has 2 aromatic rings. The van der Waals surface area contributed by atoms with Crippen molar-refractivity contribution in [3.05, 3.63) is 66.0 Å². The van der Waals surface area contributed by atoms with Crippen LogP contribution in [0.2, 0.25) is 0 Å². The molecule has 2 aromatic carbocycles. The molecule has 1 atom stereocenters. The molecule has 0 saturated carbocycles. The first kappa shape index (κ1) is 27.3. The molecule has 2 amide bonds. The van der Waals surface area contributed by atoms with Gasteiger partial charge in [-0.05, 0) is 38.0 Å². The van der Waals surface area contributed by atoms with Crippen molar-refractivity contribution in [3.63, 3.8) is 0 Å². The molecule has 0 aliphatic carbocycles. The molecule has 8 nitrogen and oxygen atoms in total. The van der Waals surface area contributed by atoms with Crippen LogP contribution in [0.1, 0.15) is 32.8 Å². The number of anilines is 1. The molecule has 0 radical (unpaired) electrons. The molecule has 0 saturated heterocycles. The predicted molar refractivity (Wildman–Crippen MR) is 131 cm³/mol. The molecule has 186 valence electrons. The summed E-state index contributed by atoms with van der Waals surface area (Å²) in [5.74, 6) is -1.74. The van der Waals surface area contributed by atoms with Crippen molar-refractivity contribution in [1.82, 2.24) is 14.5 Å². The van der Waals surface area contributed by atoms with Crippen molar-refractivity contribution in [2.45, 2.75) is 45.8 Å². The van der Waals surface area contributed by atoms with Gasteiger partial charge in [-0.1, -0.05) is 49.4 Å². The highest BCUT2D eigenvalue weighted by Gasteiger charge is 2.34. The number of nitrogens with one attached hydrogen (secondary N) is 1. The van der Waals surface area contributed by atoms with E-state index in [1.54, 1.807) is 6.92 Å². The molecule has 10 heteroatoms. The number of nitrogens with zero attached hydrogens (tertiary/aromatic N) is 3. The molecule has 2 rings (SSSR count). The maximum atomic E-state index is 14.6. The zero-order valence-corrected chi connectivity index (χ0v) is 21.0. The highest BCUT2D eigenvalue weighted by molar-refractivity contribution is 7.90. The quantitative estimate of drug-likeness (QED) is 0.522. The number of carbonyl (C=O) groups is 2. The molecule has 0 spiro atoms. The summed E-state index contributed by atoms with van der Waals surface area (Å²) >= 11 is 0. The molecule has 1 N–H and O–H groups in total. The lowest BCUT2D eigenvalue weighted by atomic mass is 10.1. The Morgan fingerprint density at radius 1 is 1.00 bits per heavy atom. The van der Waals surface area contributed by atoms with Gasteiger partial charge in [0.05, 0.1) is 5.69 Å². The van der Waals surface area contributed by atoms with Crippen LogP contribution in [0.25, 0.3) is 0 Å². The molecular formula is C24H33FN4O4S. The molecule has 0 fully saturated rings. The SMILES string of the molecule is CC[C@@H](C(=O)NC(C)C)N(Cc1ccccc1)C(=O)CN(c1ccccc1F)S(=O)(=O)N(C)C. The Bertz CT molecular complexity index is 1080. The number of benzene rings is 2.